The molecular formula is C15H13F3N2O3. The molecule has 5 nitrogen and oxygen atoms in total. The molecule has 8 heteroatoms. The maximum Gasteiger partial charge on any atom is 0.573 e. The van der Waals surface area contributed by atoms with Crippen LogP contribution in [0.25, 0.3) is 0 Å². The van der Waals surface area contributed by atoms with Gasteiger partial charge in [0.2, 0.25) is 0 Å². The summed E-state index contributed by atoms with van der Waals surface area (Å²) in [5, 5.41) is 11.0. The second-order valence-corrected chi connectivity index (χ2v) is 4.76. The largest absolute Gasteiger partial charge is 0.619 e. The molecule has 0 unspecified atom stereocenters. The summed E-state index contributed by atoms with van der Waals surface area (Å²) < 4.78 is 41.6. The number of carbonyl (C=O) groups excluding carboxylic acids is 1. The summed E-state index contributed by atoms with van der Waals surface area (Å²) in [7, 11) is 1.45. The number of halogens is 3. The van der Waals surface area contributed by atoms with Crippen LogP contribution in [0.1, 0.15) is 15.9 Å². The van der Waals surface area contributed by atoms with E-state index in [1.807, 2.05) is 0 Å². The lowest BCUT2D eigenvalue weighted by atomic mass is 10.1. The predicted octanol–water partition coefficient (Wildman–Crippen LogP) is 2.49. The van der Waals surface area contributed by atoms with E-state index in [1.165, 1.54) is 54.7 Å². The highest BCUT2D eigenvalue weighted by molar-refractivity contribution is 5.93. The number of pyridine rings is 1. The van der Waals surface area contributed by atoms with Gasteiger partial charge in [0, 0.05) is 31.3 Å². The van der Waals surface area contributed by atoms with Crippen LogP contribution in [0.15, 0.2) is 48.8 Å². The number of amides is 1. The molecule has 0 radical (unpaired) electrons. The number of ether oxygens (including phenoxy) is 1. The van der Waals surface area contributed by atoms with Gasteiger partial charge in [-0.2, -0.15) is 4.73 Å². The number of hydrogen-bond donors (Lipinski definition) is 0. The first-order valence-electron chi connectivity index (χ1n) is 6.54. The number of hydrogen-bond acceptors (Lipinski definition) is 3. The molecule has 0 aliphatic rings. The molecular weight excluding hydrogens is 313 g/mol. The normalized spacial score (nSPS) is 11.1. The van der Waals surface area contributed by atoms with E-state index >= 15 is 0 Å². The van der Waals surface area contributed by atoms with Crippen molar-refractivity contribution in [3.05, 3.63) is 65.1 Å². The van der Waals surface area contributed by atoms with Crippen LogP contribution in [-0.4, -0.2) is 24.2 Å². The molecule has 0 N–H and O–H groups in total. The smallest absolute Gasteiger partial charge is 0.573 e. The Bertz CT molecular complexity index is 687. The molecule has 0 spiro atoms. The van der Waals surface area contributed by atoms with Gasteiger partial charge in [-0.3, -0.25) is 4.79 Å². The minimum absolute atomic E-state index is 0.0721. The fourth-order valence-corrected chi connectivity index (χ4v) is 1.96. The molecule has 2 rings (SSSR count). The summed E-state index contributed by atoms with van der Waals surface area (Å²) in [6, 6.07) is 8.27. The standard InChI is InChI=1S/C15H13F3N2O3/c1-19(14(21)11-6-8-20(22)9-7-11)10-12-4-2-3-5-13(12)23-15(16,17)18/h2-9H,10H2,1H3. The summed E-state index contributed by atoms with van der Waals surface area (Å²) in [5.41, 5.74) is 0.476. The van der Waals surface area contributed by atoms with Gasteiger partial charge in [0.25, 0.3) is 5.91 Å². The van der Waals surface area contributed by atoms with Crippen LogP contribution in [0, 0.1) is 5.21 Å². The number of alkyl halides is 3. The van der Waals surface area contributed by atoms with Crippen LogP contribution in [-0.2, 0) is 6.54 Å². The van der Waals surface area contributed by atoms with Crippen LogP contribution in [0.5, 0.6) is 5.75 Å². The highest BCUT2D eigenvalue weighted by atomic mass is 19.4. The van der Waals surface area contributed by atoms with Crippen molar-refractivity contribution in [2.75, 3.05) is 7.05 Å². The Kier molecular flexibility index (Phi) is 4.73. The van der Waals surface area contributed by atoms with Crippen LogP contribution in [0.2, 0.25) is 0 Å². The minimum Gasteiger partial charge on any atom is -0.619 e. The first-order valence-corrected chi connectivity index (χ1v) is 6.54. The average Bonchev–Trinajstić information content (AvgIpc) is 2.48. The predicted molar refractivity (Wildman–Crippen MR) is 74.3 cm³/mol. The third-order valence-electron chi connectivity index (χ3n) is 3.00. The first kappa shape index (κ1) is 16.6. The van der Waals surface area contributed by atoms with E-state index in [0.29, 0.717) is 4.73 Å². The van der Waals surface area contributed by atoms with Gasteiger partial charge in [-0.15, -0.1) is 13.2 Å². The van der Waals surface area contributed by atoms with Crippen molar-refractivity contribution in [2.45, 2.75) is 12.9 Å². The van der Waals surface area contributed by atoms with Gasteiger partial charge in [0.1, 0.15) is 5.75 Å². The molecule has 122 valence electrons. The second kappa shape index (κ2) is 6.55. The van der Waals surface area contributed by atoms with Crippen molar-refractivity contribution in [3.63, 3.8) is 0 Å². The third kappa shape index (κ3) is 4.60. The molecule has 0 bridgehead atoms. The maximum atomic E-state index is 12.4. The zero-order chi connectivity index (χ0) is 17.0. The van der Waals surface area contributed by atoms with Crippen LogP contribution >= 0.6 is 0 Å². The number of aromatic nitrogens is 1. The van der Waals surface area contributed by atoms with E-state index in [-0.39, 0.29) is 23.4 Å². The van der Waals surface area contributed by atoms with Crippen molar-refractivity contribution < 1.29 is 27.4 Å². The molecule has 1 aromatic heterocycles. The number of carbonyl (C=O) groups is 1. The molecule has 1 amide bonds. The van der Waals surface area contributed by atoms with Crippen LogP contribution in [0.3, 0.4) is 0 Å². The summed E-state index contributed by atoms with van der Waals surface area (Å²) in [6.45, 7) is -0.0721. The Morgan fingerprint density at radius 1 is 1.22 bits per heavy atom. The number of para-hydroxylation sites is 1. The van der Waals surface area contributed by atoms with Gasteiger partial charge in [0.05, 0.1) is 5.56 Å². The number of rotatable bonds is 4. The molecule has 2 aromatic rings. The third-order valence-corrected chi connectivity index (χ3v) is 3.00. The van der Waals surface area contributed by atoms with Crippen molar-refractivity contribution in [3.8, 4) is 5.75 Å². The fraction of sp³-hybridized carbons (Fsp3) is 0.200. The van der Waals surface area contributed by atoms with Crippen LogP contribution < -0.4 is 9.47 Å². The summed E-state index contributed by atoms with van der Waals surface area (Å²) in [6.07, 6.45) is -2.47. The Labute approximate surface area is 130 Å². The molecule has 23 heavy (non-hydrogen) atoms. The van der Waals surface area contributed by atoms with E-state index in [1.54, 1.807) is 6.07 Å². The monoisotopic (exact) mass is 326 g/mol. The lowest BCUT2D eigenvalue weighted by Gasteiger charge is -2.19. The van der Waals surface area contributed by atoms with E-state index in [2.05, 4.69) is 4.74 Å². The summed E-state index contributed by atoms with van der Waals surface area (Å²) in [4.78, 5) is 13.4. The molecule has 1 heterocycles. The Morgan fingerprint density at radius 2 is 1.83 bits per heavy atom. The molecule has 0 aliphatic heterocycles. The zero-order valence-corrected chi connectivity index (χ0v) is 12.1. The zero-order valence-electron chi connectivity index (χ0n) is 12.1. The van der Waals surface area contributed by atoms with Crippen LogP contribution in [0.4, 0.5) is 13.2 Å². The van der Waals surface area contributed by atoms with Crippen molar-refractivity contribution in [1.29, 1.82) is 0 Å². The number of nitrogens with zero attached hydrogens (tertiary/aromatic N) is 2. The Morgan fingerprint density at radius 3 is 2.43 bits per heavy atom. The second-order valence-electron chi connectivity index (χ2n) is 4.76. The molecule has 0 atom stereocenters. The summed E-state index contributed by atoms with van der Waals surface area (Å²) >= 11 is 0. The quantitative estimate of drug-likeness (QED) is 0.641. The molecule has 0 saturated heterocycles. The van der Waals surface area contributed by atoms with Crippen molar-refractivity contribution >= 4 is 5.91 Å². The van der Waals surface area contributed by atoms with Gasteiger partial charge in [-0.05, 0) is 6.07 Å². The molecule has 0 aliphatic carbocycles. The fourth-order valence-electron chi connectivity index (χ4n) is 1.96. The van der Waals surface area contributed by atoms with Gasteiger partial charge in [0.15, 0.2) is 12.4 Å². The van der Waals surface area contributed by atoms with E-state index < -0.39 is 12.3 Å². The molecule has 1 aromatic carbocycles. The van der Waals surface area contributed by atoms with E-state index in [0.717, 1.165) is 0 Å². The maximum absolute atomic E-state index is 12.4. The lowest BCUT2D eigenvalue weighted by Crippen LogP contribution is -2.29. The molecule has 0 fully saturated rings. The highest BCUT2D eigenvalue weighted by Crippen LogP contribution is 2.27. The first-order chi connectivity index (χ1) is 10.8. The SMILES string of the molecule is CN(Cc1ccccc1OC(F)(F)F)C(=O)c1cc[n+]([O-])cc1. The highest BCUT2D eigenvalue weighted by Gasteiger charge is 2.32. The summed E-state index contributed by atoms with van der Waals surface area (Å²) in [5.74, 6) is -0.780. The molecule has 0 saturated carbocycles. The number of benzene rings is 1. The van der Waals surface area contributed by atoms with Crippen molar-refractivity contribution in [1.82, 2.24) is 4.90 Å². The Balaban J connectivity index is 2.15. The topological polar surface area (TPSA) is 56.5 Å². The minimum atomic E-state index is -4.81. The van der Waals surface area contributed by atoms with Crippen molar-refractivity contribution in [2.24, 2.45) is 0 Å². The Hall–Kier alpha value is -2.77. The average molecular weight is 326 g/mol. The van der Waals surface area contributed by atoms with Gasteiger partial charge >= 0.3 is 6.36 Å². The van der Waals surface area contributed by atoms with Gasteiger partial charge < -0.3 is 14.8 Å². The van der Waals surface area contributed by atoms with Gasteiger partial charge in [-0.25, -0.2) is 0 Å². The van der Waals surface area contributed by atoms with E-state index in [4.69, 9.17) is 0 Å². The lowest BCUT2D eigenvalue weighted by molar-refractivity contribution is -0.605. The van der Waals surface area contributed by atoms with Gasteiger partial charge in [-0.1, -0.05) is 18.2 Å². The van der Waals surface area contributed by atoms with E-state index in [9.17, 15) is 23.2 Å².